The summed E-state index contributed by atoms with van der Waals surface area (Å²) in [5, 5.41) is 10.9. The highest BCUT2D eigenvalue weighted by Gasteiger charge is 2.29. The molecule has 0 spiro atoms. The highest BCUT2D eigenvalue weighted by molar-refractivity contribution is 6.53. The normalized spacial score (nSPS) is 10.5. The minimum absolute atomic E-state index is 0.00205. The summed E-state index contributed by atoms with van der Waals surface area (Å²) in [6.45, 7) is 0. The van der Waals surface area contributed by atoms with Crippen molar-refractivity contribution in [2.45, 2.75) is 0 Å². The lowest BCUT2D eigenvalue weighted by Gasteiger charge is -2.10. The van der Waals surface area contributed by atoms with Crippen molar-refractivity contribution in [1.82, 2.24) is 0 Å². The molecule has 0 aliphatic rings. The molecule has 0 aliphatic carbocycles. The van der Waals surface area contributed by atoms with Crippen LogP contribution in [0.25, 0.3) is 11.1 Å². The van der Waals surface area contributed by atoms with E-state index in [1.165, 1.54) is 0 Å². The zero-order valence-electron chi connectivity index (χ0n) is 9.16. The van der Waals surface area contributed by atoms with Gasteiger partial charge in [0, 0.05) is 0 Å². The fourth-order valence-corrected chi connectivity index (χ4v) is 2.68. The second-order valence-electron chi connectivity index (χ2n) is 3.60. The quantitative estimate of drug-likeness (QED) is 0.297. The molecule has 0 fully saturated rings. The van der Waals surface area contributed by atoms with Crippen LogP contribution in [0.2, 0.25) is 20.1 Å². The Bertz CT molecular complexity index is 659. The Kier molecular flexibility index (Phi) is 4.21. The molecule has 0 aromatic heterocycles. The maximum absolute atomic E-state index is 11.2. The second kappa shape index (κ2) is 5.55. The number of hydrogen-bond acceptors (Lipinski definition) is 2. The molecule has 0 heterocycles. The van der Waals surface area contributed by atoms with E-state index in [-0.39, 0.29) is 31.3 Å². The van der Waals surface area contributed by atoms with Gasteiger partial charge in [0.05, 0.1) is 25.6 Å². The lowest BCUT2D eigenvalue weighted by atomic mass is 10.0. The van der Waals surface area contributed by atoms with E-state index in [2.05, 4.69) is 0 Å². The van der Waals surface area contributed by atoms with Crippen LogP contribution in [0.3, 0.4) is 0 Å². The molecule has 0 radical (unpaired) electrons. The largest absolute Gasteiger partial charge is 0.298 e. The highest BCUT2D eigenvalue weighted by Crippen LogP contribution is 2.49. The second-order valence-corrected chi connectivity index (χ2v) is 5.11. The van der Waals surface area contributed by atoms with Crippen molar-refractivity contribution in [3.05, 3.63) is 60.5 Å². The number of nitrogens with zero attached hydrogens (tertiary/aromatic N) is 1. The maximum Gasteiger partial charge on any atom is 0.298 e. The van der Waals surface area contributed by atoms with E-state index >= 15 is 0 Å². The van der Waals surface area contributed by atoms with Crippen LogP contribution >= 0.6 is 46.4 Å². The topological polar surface area (TPSA) is 43.1 Å². The molecular formula is C12H5Cl4NO2. The Morgan fingerprint density at radius 2 is 1.37 bits per heavy atom. The van der Waals surface area contributed by atoms with E-state index in [4.69, 9.17) is 46.4 Å². The van der Waals surface area contributed by atoms with Gasteiger partial charge in [-0.1, -0.05) is 76.7 Å². The standard InChI is InChI=1S/C12H5Cl4NO2/c13-8-7(6-4-2-1-3-5-6)12(17(18)19)11(16)10(15)9(8)14/h1-5H. The molecule has 2 aromatic rings. The summed E-state index contributed by atoms with van der Waals surface area (Å²) in [6.07, 6.45) is 0. The first-order valence-corrected chi connectivity index (χ1v) is 6.52. The van der Waals surface area contributed by atoms with E-state index in [0.29, 0.717) is 5.56 Å². The third kappa shape index (κ3) is 2.51. The fraction of sp³-hybridized carbons (Fsp3) is 0. The van der Waals surface area contributed by atoms with Gasteiger partial charge in [-0.3, -0.25) is 10.1 Å². The molecule has 2 rings (SSSR count). The number of halogens is 4. The summed E-state index contributed by atoms with van der Waals surface area (Å²) < 4.78 is 0. The summed E-state index contributed by atoms with van der Waals surface area (Å²) in [5.74, 6) is 0. The maximum atomic E-state index is 11.2. The number of rotatable bonds is 2. The van der Waals surface area contributed by atoms with Crippen molar-refractivity contribution >= 4 is 52.1 Å². The minimum atomic E-state index is -0.626. The van der Waals surface area contributed by atoms with Gasteiger partial charge in [-0.15, -0.1) is 0 Å². The van der Waals surface area contributed by atoms with Crippen molar-refractivity contribution in [2.75, 3.05) is 0 Å². The predicted octanol–water partition coefficient (Wildman–Crippen LogP) is 5.88. The van der Waals surface area contributed by atoms with Gasteiger partial charge in [0.25, 0.3) is 5.69 Å². The molecule has 19 heavy (non-hydrogen) atoms. The van der Waals surface area contributed by atoms with Crippen molar-refractivity contribution < 1.29 is 4.92 Å². The summed E-state index contributed by atoms with van der Waals surface area (Å²) in [6, 6.07) is 8.59. The smallest absolute Gasteiger partial charge is 0.258 e. The van der Waals surface area contributed by atoms with Gasteiger partial charge in [-0.05, 0) is 5.56 Å². The molecule has 2 aromatic carbocycles. The molecule has 0 saturated heterocycles. The van der Waals surface area contributed by atoms with Crippen LogP contribution in [-0.2, 0) is 0 Å². The first kappa shape index (κ1) is 14.4. The summed E-state index contributed by atoms with van der Waals surface area (Å²) in [5.41, 5.74) is 0.346. The average Bonchev–Trinajstić information content (AvgIpc) is 2.40. The van der Waals surface area contributed by atoms with Crippen LogP contribution in [0.5, 0.6) is 0 Å². The van der Waals surface area contributed by atoms with E-state index in [1.807, 2.05) is 0 Å². The van der Waals surface area contributed by atoms with Gasteiger partial charge in [-0.25, -0.2) is 0 Å². The highest BCUT2D eigenvalue weighted by atomic mass is 35.5. The number of hydrogen-bond donors (Lipinski definition) is 0. The molecule has 0 aliphatic heterocycles. The monoisotopic (exact) mass is 335 g/mol. The van der Waals surface area contributed by atoms with E-state index in [0.717, 1.165) is 0 Å². The first-order chi connectivity index (χ1) is 8.95. The van der Waals surface area contributed by atoms with Crippen molar-refractivity contribution in [3.63, 3.8) is 0 Å². The summed E-state index contributed by atoms with van der Waals surface area (Å²) in [4.78, 5) is 10.6. The van der Waals surface area contributed by atoms with Crippen LogP contribution in [0.15, 0.2) is 30.3 Å². The van der Waals surface area contributed by atoms with Crippen LogP contribution in [0.1, 0.15) is 0 Å². The van der Waals surface area contributed by atoms with E-state index < -0.39 is 4.92 Å². The molecule has 0 amide bonds. The molecule has 0 atom stereocenters. The summed E-state index contributed by atoms with van der Waals surface area (Å²) >= 11 is 23.8. The van der Waals surface area contributed by atoms with Crippen molar-refractivity contribution in [2.24, 2.45) is 0 Å². The Labute approximate surface area is 128 Å². The molecule has 0 unspecified atom stereocenters. The first-order valence-electron chi connectivity index (χ1n) is 5.01. The number of benzene rings is 2. The molecule has 0 N–H and O–H groups in total. The van der Waals surface area contributed by atoms with Crippen LogP contribution < -0.4 is 0 Å². The average molecular weight is 337 g/mol. The van der Waals surface area contributed by atoms with Crippen molar-refractivity contribution in [3.8, 4) is 11.1 Å². The van der Waals surface area contributed by atoms with Gasteiger partial charge < -0.3 is 0 Å². The lowest BCUT2D eigenvalue weighted by molar-refractivity contribution is -0.384. The number of nitro benzene ring substituents is 1. The molecule has 0 saturated carbocycles. The Balaban J connectivity index is 2.90. The van der Waals surface area contributed by atoms with Crippen LogP contribution in [-0.4, -0.2) is 4.92 Å². The fourth-order valence-electron chi connectivity index (χ4n) is 1.66. The van der Waals surface area contributed by atoms with Gasteiger partial charge in [0.2, 0.25) is 0 Å². The van der Waals surface area contributed by atoms with Gasteiger partial charge >= 0.3 is 0 Å². The van der Waals surface area contributed by atoms with E-state index in [1.54, 1.807) is 30.3 Å². The minimum Gasteiger partial charge on any atom is -0.258 e. The number of nitro groups is 1. The SMILES string of the molecule is O=[N+]([O-])c1c(Cl)c(Cl)c(Cl)c(Cl)c1-c1ccccc1. The third-order valence-electron chi connectivity index (χ3n) is 2.49. The lowest BCUT2D eigenvalue weighted by Crippen LogP contribution is -1.96. The Hall–Kier alpha value is -1.00. The van der Waals surface area contributed by atoms with Crippen LogP contribution in [0.4, 0.5) is 5.69 Å². The van der Waals surface area contributed by atoms with Gasteiger partial charge in [-0.2, -0.15) is 0 Å². The van der Waals surface area contributed by atoms with Crippen molar-refractivity contribution in [1.29, 1.82) is 0 Å². The van der Waals surface area contributed by atoms with Gasteiger partial charge in [0.1, 0.15) is 5.02 Å². The molecule has 7 heteroatoms. The van der Waals surface area contributed by atoms with Gasteiger partial charge in [0.15, 0.2) is 0 Å². The Morgan fingerprint density at radius 3 is 1.89 bits per heavy atom. The Morgan fingerprint density at radius 1 is 0.842 bits per heavy atom. The molecule has 3 nitrogen and oxygen atoms in total. The molecular weight excluding hydrogens is 332 g/mol. The molecule has 98 valence electrons. The zero-order valence-corrected chi connectivity index (χ0v) is 12.2. The zero-order chi connectivity index (χ0) is 14.2. The summed E-state index contributed by atoms with van der Waals surface area (Å²) in [7, 11) is 0. The molecule has 0 bridgehead atoms. The van der Waals surface area contributed by atoms with Crippen LogP contribution in [0, 0.1) is 10.1 Å². The third-order valence-corrected chi connectivity index (χ3v) is 4.28. The predicted molar refractivity (Wildman–Crippen MR) is 78.6 cm³/mol. The van der Waals surface area contributed by atoms with E-state index in [9.17, 15) is 10.1 Å².